The highest BCUT2D eigenvalue weighted by Crippen LogP contribution is 2.42. The Kier molecular flexibility index (Phi) is 4.30. The molecule has 2 aromatic rings. The molecule has 1 aromatic heterocycles. The largest absolute Gasteiger partial charge is 0.311 e. The lowest BCUT2D eigenvalue weighted by atomic mass is 10.1. The maximum atomic E-state index is 13.5. The van der Waals surface area contributed by atoms with Crippen molar-refractivity contribution in [1.82, 2.24) is 10.2 Å². The van der Waals surface area contributed by atoms with E-state index in [2.05, 4.69) is 15.5 Å². The van der Waals surface area contributed by atoms with Gasteiger partial charge in [-0.3, -0.25) is 19.7 Å². The summed E-state index contributed by atoms with van der Waals surface area (Å²) in [6, 6.07) is 3.22. The molecule has 0 spiro atoms. The van der Waals surface area contributed by atoms with Crippen LogP contribution in [-0.2, 0) is 9.59 Å². The molecule has 1 aromatic carbocycles. The van der Waals surface area contributed by atoms with Crippen molar-refractivity contribution in [2.75, 3.05) is 16.8 Å². The first-order valence-corrected chi connectivity index (χ1v) is 9.12. The molecule has 11 heteroatoms. The number of rotatable bonds is 5. The Balaban J connectivity index is 1.45. The fourth-order valence-corrected chi connectivity index (χ4v) is 3.84. The molecule has 1 saturated carbocycles. The quantitative estimate of drug-likeness (QED) is 0.618. The van der Waals surface area contributed by atoms with Gasteiger partial charge in [-0.25, -0.2) is 0 Å². The number of carbonyl (C=O) groups excluding carboxylic acids is 2. The van der Waals surface area contributed by atoms with Crippen molar-refractivity contribution in [3.05, 3.63) is 39.1 Å². The monoisotopic (exact) mass is 391 g/mol. The Morgan fingerprint density at radius 1 is 1.37 bits per heavy atom. The first kappa shape index (κ1) is 17.5. The number of nitro groups is 1. The van der Waals surface area contributed by atoms with E-state index in [0.29, 0.717) is 11.0 Å². The van der Waals surface area contributed by atoms with Gasteiger partial charge in [0.05, 0.1) is 16.5 Å². The van der Waals surface area contributed by atoms with E-state index >= 15 is 0 Å². The minimum absolute atomic E-state index is 0.0364. The Hall–Kier alpha value is -2.95. The maximum Gasteiger partial charge on any atom is 0.306 e. The normalized spacial score (nSPS) is 19.4. The number of nitrogens with zero attached hydrogens (tertiary/aromatic N) is 4. The first-order chi connectivity index (χ1) is 12.9. The van der Waals surface area contributed by atoms with Gasteiger partial charge in [0.25, 0.3) is 0 Å². The van der Waals surface area contributed by atoms with E-state index in [4.69, 9.17) is 0 Å². The zero-order valence-electron chi connectivity index (χ0n) is 13.9. The molecule has 1 aliphatic heterocycles. The van der Waals surface area contributed by atoms with Gasteiger partial charge in [0, 0.05) is 24.9 Å². The molecule has 0 bridgehead atoms. The van der Waals surface area contributed by atoms with E-state index < -0.39 is 22.3 Å². The van der Waals surface area contributed by atoms with Gasteiger partial charge in [0.15, 0.2) is 0 Å². The summed E-state index contributed by atoms with van der Waals surface area (Å²) < 4.78 is 13.5. The van der Waals surface area contributed by atoms with Crippen LogP contribution < -0.4 is 10.2 Å². The highest BCUT2D eigenvalue weighted by molar-refractivity contribution is 7.15. The summed E-state index contributed by atoms with van der Waals surface area (Å²) in [4.78, 5) is 36.0. The summed E-state index contributed by atoms with van der Waals surface area (Å²) in [5.74, 6) is -1.89. The lowest BCUT2D eigenvalue weighted by Crippen LogP contribution is -2.28. The summed E-state index contributed by atoms with van der Waals surface area (Å²) in [6.07, 6.45) is 2.13. The average molecular weight is 391 g/mol. The fraction of sp³-hybridized carbons (Fsp3) is 0.375. The number of halogens is 1. The van der Waals surface area contributed by atoms with Crippen molar-refractivity contribution < 1.29 is 18.9 Å². The van der Waals surface area contributed by atoms with Crippen molar-refractivity contribution in [3.8, 4) is 0 Å². The van der Waals surface area contributed by atoms with E-state index in [9.17, 15) is 24.1 Å². The molecular weight excluding hydrogens is 377 g/mol. The second-order valence-electron chi connectivity index (χ2n) is 6.51. The Bertz CT molecular complexity index is 945. The van der Waals surface area contributed by atoms with Gasteiger partial charge in [-0.15, -0.1) is 10.2 Å². The van der Waals surface area contributed by atoms with Crippen LogP contribution in [0.2, 0.25) is 0 Å². The van der Waals surface area contributed by atoms with Crippen LogP contribution in [0, 0.1) is 21.8 Å². The van der Waals surface area contributed by atoms with Gasteiger partial charge in [0.2, 0.25) is 22.8 Å². The number of nitro benzene ring substituents is 1. The SMILES string of the molecule is O=C(Nc1nnc(C2CC2)s1)C1CC(=O)N(c2ccc(F)c([N+](=O)[O-])c2)C1. The number of benzene rings is 1. The summed E-state index contributed by atoms with van der Waals surface area (Å²) in [6.45, 7) is 0.0573. The van der Waals surface area contributed by atoms with Crippen LogP contribution >= 0.6 is 11.3 Å². The third-order valence-electron chi connectivity index (χ3n) is 4.53. The maximum absolute atomic E-state index is 13.5. The van der Waals surface area contributed by atoms with E-state index in [1.807, 2.05) is 0 Å². The molecular formula is C16H14FN5O4S. The Morgan fingerprint density at radius 2 is 2.15 bits per heavy atom. The molecule has 2 aliphatic rings. The number of hydrogen-bond acceptors (Lipinski definition) is 7. The second kappa shape index (κ2) is 6.65. The molecule has 2 heterocycles. The number of aromatic nitrogens is 2. The second-order valence-corrected chi connectivity index (χ2v) is 7.52. The van der Waals surface area contributed by atoms with E-state index in [0.717, 1.165) is 30.0 Å². The average Bonchev–Trinajstić information content (AvgIpc) is 3.25. The highest BCUT2D eigenvalue weighted by Gasteiger charge is 2.36. The van der Waals surface area contributed by atoms with Crippen molar-refractivity contribution in [1.29, 1.82) is 0 Å². The van der Waals surface area contributed by atoms with Crippen molar-refractivity contribution in [3.63, 3.8) is 0 Å². The lowest BCUT2D eigenvalue weighted by Gasteiger charge is -2.16. The molecule has 0 radical (unpaired) electrons. The number of carbonyl (C=O) groups is 2. The van der Waals surface area contributed by atoms with Crippen LogP contribution in [0.3, 0.4) is 0 Å². The molecule has 2 fully saturated rings. The lowest BCUT2D eigenvalue weighted by molar-refractivity contribution is -0.387. The number of nitrogens with one attached hydrogen (secondary N) is 1. The molecule has 140 valence electrons. The first-order valence-electron chi connectivity index (χ1n) is 8.31. The molecule has 27 heavy (non-hydrogen) atoms. The predicted molar refractivity (Wildman–Crippen MR) is 94.0 cm³/mol. The van der Waals surface area contributed by atoms with Gasteiger partial charge < -0.3 is 10.2 Å². The summed E-state index contributed by atoms with van der Waals surface area (Å²) in [7, 11) is 0. The zero-order valence-corrected chi connectivity index (χ0v) is 14.7. The molecule has 1 N–H and O–H groups in total. The van der Waals surface area contributed by atoms with Crippen LogP contribution in [0.15, 0.2) is 18.2 Å². The van der Waals surface area contributed by atoms with Crippen LogP contribution in [0.1, 0.15) is 30.2 Å². The molecule has 1 aliphatic carbocycles. The summed E-state index contributed by atoms with van der Waals surface area (Å²) >= 11 is 1.33. The van der Waals surface area contributed by atoms with Crippen molar-refractivity contribution >= 4 is 39.7 Å². The zero-order chi connectivity index (χ0) is 19.1. The number of hydrogen-bond donors (Lipinski definition) is 1. The fourth-order valence-electron chi connectivity index (χ4n) is 2.93. The van der Waals surface area contributed by atoms with E-state index in [1.54, 1.807) is 0 Å². The Labute approximate surface area is 156 Å². The van der Waals surface area contributed by atoms with Gasteiger partial charge in [-0.05, 0) is 25.0 Å². The number of amides is 2. The highest BCUT2D eigenvalue weighted by atomic mass is 32.1. The molecule has 9 nitrogen and oxygen atoms in total. The standard InChI is InChI=1S/C16H14FN5O4S/c17-11-4-3-10(6-12(11)22(25)26)21-7-9(5-13(21)23)14(24)18-16-20-19-15(27-16)8-1-2-8/h3-4,6,8-9H,1-2,5,7H2,(H,18,20,24). The van der Waals surface area contributed by atoms with Gasteiger partial charge in [-0.1, -0.05) is 11.3 Å². The topological polar surface area (TPSA) is 118 Å². The number of anilines is 2. The van der Waals surface area contributed by atoms with Gasteiger partial charge >= 0.3 is 5.69 Å². The molecule has 4 rings (SSSR count). The molecule has 1 unspecified atom stereocenters. The smallest absolute Gasteiger partial charge is 0.306 e. The minimum Gasteiger partial charge on any atom is -0.311 e. The minimum atomic E-state index is -0.979. The predicted octanol–water partition coefficient (Wildman–Crippen LogP) is 2.45. The molecule has 1 atom stereocenters. The van der Waals surface area contributed by atoms with Gasteiger partial charge in [-0.2, -0.15) is 4.39 Å². The summed E-state index contributed by atoms with van der Waals surface area (Å²) in [5, 5.41) is 22.8. The van der Waals surface area contributed by atoms with Gasteiger partial charge in [0.1, 0.15) is 5.01 Å². The van der Waals surface area contributed by atoms with Crippen LogP contribution in [-0.4, -0.2) is 33.5 Å². The third-order valence-corrected chi connectivity index (χ3v) is 5.53. The molecule has 2 amide bonds. The van der Waals surface area contributed by atoms with Crippen LogP contribution in [0.4, 0.5) is 20.9 Å². The third kappa shape index (κ3) is 3.50. The van der Waals surface area contributed by atoms with Crippen LogP contribution in [0.25, 0.3) is 0 Å². The van der Waals surface area contributed by atoms with E-state index in [-0.39, 0.29) is 30.5 Å². The molecule has 1 saturated heterocycles. The van der Waals surface area contributed by atoms with Crippen LogP contribution in [0.5, 0.6) is 0 Å². The Morgan fingerprint density at radius 3 is 2.85 bits per heavy atom. The van der Waals surface area contributed by atoms with Crippen molar-refractivity contribution in [2.45, 2.75) is 25.2 Å². The summed E-state index contributed by atoms with van der Waals surface area (Å²) in [5.41, 5.74) is -0.523. The van der Waals surface area contributed by atoms with E-state index in [1.165, 1.54) is 22.3 Å². The van der Waals surface area contributed by atoms with Crippen molar-refractivity contribution in [2.24, 2.45) is 5.92 Å².